The molecule has 2 N–H and O–H groups in total. The van der Waals surface area contributed by atoms with Gasteiger partial charge in [0.05, 0.1) is 0 Å². The van der Waals surface area contributed by atoms with Crippen molar-refractivity contribution in [1.29, 1.82) is 0 Å². The first kappa shape index (κ1) is 16.3. The molecule has 1 aromatic heterocycles. The molecular weight excluding hydrogens is 252 g/mol. The predicted octanol–water partition coefficient (Wildman–Crippen LogP) is 3.36. The largest absolute Gasteiger partial charge is 0.417 e. The van der Waals surface area contributed by atoms with Crippen molar-refractivity contribution in [3.05, 3.63) is 30.1 Å². The van der Waals surface area contributed by atoms with Crippen LogP contribution in [0.15, 0.2) is 24.4 Å². The minimum Gasteiger partial charge on any atom is -0.417 e. The highest BCUT2D eigenvalue weighted by molar-refractivity contribution is 6.74. The molecule has 0 fully saturated rings. The summed E-state index contributed by atoms with van der Waals surface area (Å²) in [4.78, 5) is 4.30. The molecule has 0 saturated carbocycles. The lowest BCUT2D eigenvalue weighted by Gasteiger charge is -2.36. The number of aromatic nitrogens is 1. The highest BCUT2D eigenvalue weighted by Crippen LogP contribution is 2.36. The maximum Gasteiger partial charge on any atom is 0.191 e. The van der Waals surface area contributed by atoms with Gasteiger partial charge < -0.3 is 10.2 Å². The molecular formula is C15H28N2OSi. The molecule has 4 heteroatoms. The molecule has 3 nitrogen and oxygen atoms in total. The second kappa shape index (κ2) is 6.64. The van der Waals surface area contributed by atoms with Crippen molar-refractivity contribution in [2.24, 2.45) is 5.73 Å². The average molecular weight is 280 g/mol. The molecule has 1 heterocycles. The van der Waals surface area contributed by atoms with Gasteiger partial charge in [-0.25, -0.2) is 0 Å². The van der Waals surface area contributed by atoms with Crippen LogP contribution in [0.5, 0.6) is 0 Å². The Kier molecular flexibility index (Phi) is 5.71. The number of rotatable bonds is 6. The van der Waals surface area contributed by atoms with E-state index in [0.29, 0.717) is 0 Å². The smallest absolute Gasteiger partial charge is 0.191 e. The van der Waals surface area contributed by atoms with Crippen LogP contribution in [-0.4, -0.2) is 26.0 Å². The third kappa shape index (κ3) is 5.43. The van der Waals surface area contributed by atoms with Crippen LogP contribution in [0.3, 0.4) is 0 Å². The van der Waals surface area contributed by atoms with Gasteiger partial charge in [-0.3, -0.25) is 4.98 Å². The van der Waals surface area contributed by atoms with Crippen LogP contribution in [0.1, 0.15) is 32.9 Å². The fourth-order valence-corrected chi connectivity index (χ4v) is 2.63. The zero-order valence-corrected chi connectivity index (χ0v) is 13.9. The standard InChI is InChI=1S/C15H28N2OSi/c1-15(2,3)19(4,5)18-11-9-13(16)12-14-8-6-7-10-17-14/h6-8,10,13H,9,11-12,16H2,1-5H3/t13-/m0/s1. The van der Waals surface area contributed by atoms with Crippen molar-refractivity contribution in [3.63, 3.8) is 0 Å². The fourth-order valence-electron chi connectivity index (χ4n) is 1.57. The maximum absolute atomic E-state index is 6.14. The van der Waals surface area contributed by atoms with Crippen LogP contribution in [0, 0.1) is 0 Å². The molecule has 0 amide bonds. The third-order valence-corrected chi connectivity index (χ3v) is 8.49. The Hall–Kier alpha value is -0.713. The molecule has 0 aliphatic heterocycles. The van der Waals surface area contributed by atoms with Crippen LogP contribution in [0.4, 0.5) is 0 Å². The van der Waals surface area contributed by atoms with Crippen LogP contribution in [0.25, 0.3) is 0 Å². The summed E-state index contributed by atoms with van der Waals surface area (Å²) >= 11 is 0. The molecule has 0 bridgehead atoms. The van der Waals surface area contributed by atoms with E-state index in [0.717, 1.165) is 25.1 Å². The van der Waals surface area contributed by atoms with E-state index in [1.54, 1.807) is 0 Å². The quantitative estimate of drug-likeness (QED) is 0.813. The zero-order chi connectivity index (χ0) is 14.5. The lowest BCUT2D eigenvalue weighted by molar-refractivity contribution is 0.271. The summed E-state index contributed by atoms with van der Waals surface area (Å²) in [5.74, 6) is 0. The summed E-state index contributed by atoms with van der Waals surface area (Å²) in [6, 6.07) is 6.07. The molecule has 0 radical (unpaired) electrons. The highest BCUT2D eigenvalue weighted by Gasteiger charge is 2.36. The van der Waals surface area contributed by atoms with E-state index < -0.39 is 8.32 Å². The Morgan fingerprint density at radius 2 is 2.00 bits per heavy atom. The molecule has 108 valence electrons. The maximum atomic E-state index is 6.14. The van der Waals surface area contributed by atoms with Gasteiger partial charge in [0, 0.05) is 31.0 Å². The van der Waals surface area contributed by atoms with E-state index in [-0.39, 0.29) is 11.1 Å². The van der Waals surface area contributed by atoms with Gasteiger partial charge in [0.2, 0.25) is 0 Å². The second-order valence-electron chi connectivity index (χ2n) is 6.68. The van der Waals surface area contributed by atoms with Crippen molar-refractivity contribution < 1.29 is 4.43 Å². The summed E-state index contributed by atoms with van der Waals surface area (Å²) in [7, 11) is -1.63. The lowest BCUT2D eigenvalue weighted by atomic mass is 10.1. The minimum atomic E-state index is -1.63. The average Bonchev–Trinajstić information content (AvgIpc) is 2.28. The van der Waals surface area contributed by atoms with Gasteiger partial charge in [-0.2, -0.15) is 0 Å². The van der Waals surface area contributed by atoms with Crippen molar-refractivity contribution in [3.8, 4) is 0 Å². The first-order valence-corrected chi connectivity index (χ1v) is 9.92. The Morgan fingerprint density at radius 1 is 1.32 bits per heavy atom. The number of nitrogens with zero attached hydrogens (tertiary/aromatic N) is 1. The summed E-state index contributed by atoms with van der Waals surface area (Å²) in [5, 5.41) is 0.262. The van der Waals surface area contributed by atoms with Crippen molar-refractivity contribution in [1.82, 2.24) is 4.98 Å². The summed E-state index contributed by atoms with van der Waals surface area (Å²) in [6.45, 7) is 12.1. The van der Waals surface area contributed by atoms with Gasteiger partial charge in [0.25, 0.3) is 0 Å². The minimum absolute atomic E-state index is 0.125. The van der Waals surface area contributed by atoms with Gasteiger partial charge in [-0.1, -0.05) is 26.8 Å². The van der Waals surface area contributed by atoms with Crippen LogP contribution in [0.2, 0.25) is 18.1 Å². The first-order valence-electron chi connectivity index (χ1n) is 7.02. The second-order valence-corrected chi connectivity index (χ2v) is 11.5. The number of hydrogen-bond acceptors (Lipinski definition) is 3. The van der Waals surface area contributed by atoms with Crippen molar-refractivity contribution >= 4 is 8.32 Å². The normalized spacial score (nSPS) is 14.4. The molecule has 0 aliphatic carbocycles. The van der Waals surface area contributed by atoms with Crippen molar-refractivity contribution in [2.75, 3.05) is 6.61 Å². The van der Waals surface area contributed by atoms with Gasteiger partial charge in [0.15, 0.2) is 8.32 Å². The number of pyridine rings is 1. The van der Waals surface area contributed by atoms with Crippen LogP contribution < -0.4 is 5.73 Å². The van der Waals surface area contributed by atoms with Gasteiger partial charge in [0.1, 0.15) is 0 Å². The number of hydrogen-bond donors (Lipinski definition) is 1. The van der Waals surface area contributed by atoms with E-state index in [2.05, 4.69) is 38.8 Å². The van der Waals surface area contributed by atoms with Crippen LogP contribution >= 0.6 is 0 Å². The molecule has 1 atom stereocenters. The Bertz CT molecular complexity index is 373. The van der Waals surface area contributed by atoms with E-state index in [4.69, 9.17) is 10.2 Å². The molecule has 0 unspecified atom stereocenters. The molecule has 0 spiro atoms. The molecule has 0 saturated heterocycles. The fraction of sp³-hybridized carbons (Fsp3) is 0.667. The van der Waals surface area contributed by atoms with E-state index in [1.165, 1.54) is 0 Å². The molecule has 0 aliphatic rings. The summed E-state index contributed by atoms with van der Waals surface area (Å²) in [6.07, 6.45) is 3.53. The third-order valence-electron chi connectivity index (χ3n) is 3.96. The van der Waals surface area contributed by atoms with E-state index in [1.807, 2.05) is 24.4 Å². The molecule has 1 rings (SSSR count). The predicted molar refractivity (Wildman–Crippen MR) is 83.7 cm³/mol. The lowest BCUT2D eigenvalue weighted by Crippen LogP contribution is -2.41. The first-order chi connectivity index (χ1) is 8.72. The topological polar surface area (TPSA) is 48.1 Å². The zero-order valence-electron chi connectivity index (χ0n) is 12.9. The Balaban J connectivity index is 2.34. The highest BCUT2D eigenvalue weighted by atomic mass is 28.4. The molecule has 19 heavy (non-hydrogen) atoms. The molecule has 0 aromatic carbocycles. The van der Waals surface area contributed by atoms with Gasteiger partial charge in [-0.05, 0) is 36.7 Å². The Morgan fingerprint density at radius 3 is 2.53 bits per heavy atom. The SMILES string of the molecule is CC(C)(C)[Si](C)(C)OCC[C@H](N)Cc1ccccn1. The van der Waals surface area contributed by atoms with Gasteiger partial charge >= 0.3 is 0 Å². The van der Waals surface area contributed by atoms with Crippen LogP contribution in [-0.2, 0) is 10.8 Å². The Labute approximate surface area is 118 Å². The molecule has 1 aromatic rings. The number of nitrogens with two attached hydrogens (primary N) is 1. The monoisotopic (exact) mass is 280 g/mol. The summed E-state index contributed by atoms with van der Waals surface area (Å²) in [5.41, 5.74) is 7.20. The summed E-state index contributed by atoms with van der Waals surface area (Å²) < 4.78 is 6.14. The van der Waals surface area contributed by atoms with E-state index in [9.17, 15) is 0 Å². The van der Waals surface area contributed by atoms with Crippen molar-refractivity contribution in [2.45, 2.75) is 57.8 Å². The van der Waals surface area contributed by atoms with E-state index >= 15 is 0 Å². The van der Waals surface area contributed by atoms with Gasteiger partial charge in [-0.15, -0.1) is 0 Å².